The van der Waals surface area contributed by atoms with Crippen molar-refractivity contribution < 1.29 is 9.53 Å². The van der Waals surface area contributed by atoms with Gasteiger partial charge in [-0.05, 0) is 13.0 Å². The highest BCUT2D eigenvalue weighted by atomic mass is 16.5. The molecule has 1 amide bonds. The molecule has 0 radical (unpaired) electrons. The molecule has 0 aliphatic carbocycles. The summed E-state index contributed by atoms with van der Waals surface area (Å²) in [6.07, 6.45) is 1.72. The van der Waals surface area contributed by atoms with Gasteiger partial charge in [-0.3, -0.25) is 9.59 Å². The van der Waals surface area contributed by atoms with Crippen LogP contribution in [0.5, 0.6) is 0 Å². The lowest BCUT2D eigenvalue weighted by Gasteiger charge is -2.34. The van der Waals surface area contributed by atoms with Crippen molar-refractivity contribution in [3.05, 3.63) is 58.0 Å². The third-order valence-corrected chi connectivity index (χ3v) is 4.33. The van der Waals surface area contributed by atoms with Gasteiger partial charge >= 0.3 is 0 Å². The zero-order valence-corrected chi connectivity index (χ0v) is 13.7. The second-order valence-corrected chi connectivity index (χ2v) is 5.99. The SMILES string of the molecule is Cc1cnc([C@@H]2COCCN2C(=O)c2n[nH]c(=O)c3ccccc23)[nH]1. The first-order chi connectivity index (χ1) is 12.1. The van der Waals surface area contributed by atoms with Crippen LogP contribution in [0.4, 0.5) is 0 Å². The number of fused-ring (bicyclic) bond motifs is 1. The summed E-state index contributed by atoms with van der Waals surface area (Å²) in [6.45, 7) is 3.14. The van der Waals surface area contributed by atoms with Gasteiger partial charge in [-0.25, -0.2) is 10.1 Å². The van der Waals surface area contributed by atoms with Gasteiger partial charge in [0.1, 0.15) is 11.9 Å². The molecule has 1 atom stereocenters. The first kappa shape index (κ1) is 15.5. The number of hydrogen-bond acceptors (Lipinski definition) is 5. The molecule has 1 aliphatic rings. The van der Waals surface area contributed by atoms with Crippen molar-refractivity contribution in [1.82, 2.24) is 25.1 Å². The minimum Gasteiger partial charge on any atom is -0.377 e. The molecule has 0 spiro atoms. The van der Waals surface area contributed by atoms with E-state index < -0.39 is 0 Å². The van der Waals surface area contributed by atoms with E-state index in [0.717, 1.165) is 5.69 Å². The number of H-pyrrole nitrogens is 2. The maximum absolute atomic E-state index is 13.2. The van der Waals surface area contributed by atoms with Gasteiger partial charge in [-0.1, -0.05) is 18.2 Å². The first-order valence-electron chi connectivity index (χ1n) is 8.03. The van der Waals surface area contributed by atoms with E-state index >= 15 is 0 Å². The molecule has 4 rings (SSSR count). The summed E-state index contributed by atoms with van der Waals surface area (Å²) in [5.74, 6) is 0.425. The van der Waals surface area contributed by atoms with Gasteiger partial charge in [0.2, 0.25) is 0 Å². The van der Waals surface area contributed by atoms with Crippen LogP contribution in [0.1, 0.15) is 28.0 Å². The van der Waals surface area contributed by atoms with Crippen molar-refractivity contribution >= 4 is 16.7 Å². The van der Waals surface area contributed by atoms with Crippen LogP contribution in [0.3, 0.4) is 0 Å². The van der Waals surface area contributed by atoms with Crippen LogP contribution in [0.15, 0.2) is 35.3 Å². The highest BCUT2D eigenvalue weighted by Crippen LogP contribution is 2.25. The molecule has 2 N–H and O–H groups in total. The number of aromatic amines is 2. The Morgan fingerprint density at radius 2 is 2.12 bits per heavy atom. The molecule has 1 fully saturated rings. The summed E-state index contributed by atoms with van der Waals surface area (Å²) in [5, 5.41) is 7.41. The normalized spacial score (nSPS) is 17.8. The number of aromatic nitrogens is 4. The molecule has 1 aromatic carbocycles. The summed E-state index contributed by atoms with van der Waals surface area (Å²) in [7, 11) is 0. The highest BCUT2D eigenvalue weighted by Gasteiger charge is 2.32. The molecule has 128 valence electrons. The molecule has 0 saturated carbocycles. The van der Waals surface area contributed by atoms with Crippen LogP contribution in [0.2, 0.25) is 0 Å². The van der Waals surface area contributed by atoms with Gasteiger partial charge in [0.15, 0.2) is 5.69 Å². The van der Waals surface area contributed by atoms with Crippen LogP contribution in [-0.2, 0) is 4.74 Å². The summed E-state index contributed by atoms with van der Waals surface area (Å²) in [5.41, 5.74) is 0.832. The van der Waals surface area contributed by atoms with Crippen LogP contribution in [0, 0.1) is 6.92 Å². The van der Waals surface area contributed by atoms with Gasteiger partial charge in [0.05, 0.1) is 18.6 Å². The topological polar surface area (TPSA) is 104 Å². The molecular formula is C17H17N5O3. The molecule has 3 heterocycles. The van der Waals surface area contributed by atoms with E-state index in [1.807, 2.05) is 6.92 Å². The second-order valence-electron chi connectivity index (χ2n) is 5.99. The lowest BCUT2D eigenvalue weighted by molar-refractivity contribution is -0.00525. The maximum atomic E-state index is 13.2. The Balaban J connectivity index is 1.77. The fraction of sp³-hybridized carbons (Fsp3) is 0.294. The molecule has 2 aromatic heterocycles. The Bertz CT molecular complexity index is 993. The van der Waals surface area contributed by atoms with E-state index in [1.54, 1.807) is 35.4 Å². The average Bonchev–Trinajstić information content (AvgIpc) is 3.08. The van der Waals surface area contributed by atoms with Gasteiger partial charge in [0, 0.05) is 23.8 Å². The fourth-order valence-electron chi connectivity index (χ4n) is 3.09. The third-order valence-electron chi connectivity index (χ3n) is 4.33. The fourth-order valence-corrected chi connectivity index (χ4v) is 3.09. The van der Waals surface area contributed by atoms with Crippen molar-refractivity contribution in [1.29, 1.82) is 0 Å². The summed E-state index contributed by atoms with van der Waals surface area (Å²) in [4.78, 5) is 34.3. The van der Waals surface area contributed by atoms with Gasteiger partial charge in [0.25, 0.3) is 11.5 Å². The number of nitrogens with one attached hydrogen (secondary N) is 2. The summed E-state index contributed by atoms with van der Waals surface area (Å²) >= 11 is 0. The number of aryl methyl sites for hydroxylation is 1. The number of carbonyl (C=O) groups is 1. The molecular weight excluding hydrogens is 322 g/mol. The van der Waals surface area contributed by atoms with Crippen molar-refractivity contribution in [3.8, 4) is 0 Å². The Labute approximate surface area is 142 Å². The average molecular weight is 339 g/mol. The summed E-state index contributed by atoms with van der Waals surface area (Å²) < 4.78 is 5.54. The van der Waals surface area contributed by atoms with Crippen LogP contribution in [0.25, 0.3) is 10.8 Å². The third kappa shape index (κ3) is 2.70. The molecule has 8 heteroatoms. The minimum atomic E-state index is -0.317. The van der Waals surface area contributed by atoms with E-state index in [-0.39, 0.29) is 23.2 Å². The van der Waals surface area contributed by atoms with Gasteiger partial charge in [-0.2, -0.15) is 5.10 Å². The molecule has 3 aromatic rings. The number of hydrogen-bond donors (Lipinski definition) is 2. The number of benzene rings is 1. The standard InChI is InChI=1S/C17H17N5O3/c1-10-8-18-15(19-10)13-9-25-7-6-22(13)17(24)14-11-4-2-3-5-12(11)16(23)21-20-14/h2-5,8,13H,6-7,9H2,1H3,(H,18,19)(H,21,23)/t13-/m0/s1. The largest absolute Gasteiger partial charge is 0.377 e. The molecule has 8 nitrogen and oxygen atoms in total. The highest BCUT2D eigenvalue weighted by molar-refractivity contribution is 6.04. The summed E-state index contributed by atoms with van der Waals surface area (Å²) in [6, 6.07) is 6.64. The predicted molar refractivity (Wildman–Crippen MR) is 90.3 cm³/mol. The zero-order valence-electron chi connectivity index (χ0n) is 13.7. The Morgan fingerprint density at radius 3 is 2.88 bits per heavy atom. The quantitative estimate of drug-likeness (QED) is 0.729. The van der Waals surface area contributed by atoms with E-state index in [2.05, 4.69) is 20.2 Å². The van der Waals surface area contributed by atoms with E-state index in [4.69, 9.17) is 4.74 Å². The minimum absolute atomic E-state index is 0.227. The molecule has 0 unspecified atom stereocenters. The Morgan fingerprint density at radius 1 is 1.32 bits per heavy atom. The predicted octanol–water partition coefficient (Wildman–Crippen LogP) is 1.17. The van der Waals surface area contributed by atoms with Crippen LogP contribution >= 0.6 is 0 Å². The second kappa shape index (κ2) is 6.14. The number of ether oxygens (including phenoxy) is 1. The van der Waals surface area contributed by atoms with Crippen molar-refractivity contribution in [3.63, 3.8) is 0 Å². The van der Waals surface area contributed by atoms with E-state index in [9.17, 15) is 9.59 Å². The monoisotopic (exact) mass is 339 g/mol. The van der Waals surface area contributed by atoms with Crippen molar-refractivity contribution in [2.24, 2.45) is 0 Å². The number of nitrogens with zero attached hydrogens (tertiary/aromatic N) is 3. The lowest BCUT2D eigenvalue weighted by Crippen LogP contribution is -2.44. The Hall–Kier alpha value is -3.00. The van der Waals surface area contributed by atoms with Gasteiger partial charge in [-0.15, -0.1) is 0 Å². The lowest BCUT2D eigenvalue weighted by atomic mass is 10.1. The molecule has 25 heavy (non-hydrogen) atoms. The molecule has 1 aliphatic heterocycles. The number of carbonyl (C=O) groups excluding carboxylic acids is 1. The number of rotatable bonds is 2. The smallest absolute Gasteiger partial charge is 0.275 e. The number of morpholine rings is 1. The zero-order chi connectivity index (χ0) is 17.4. The van der Waals surface area contributed by atoms with Crippen molar-refractivity contribution in [2.45, 2.75) is 13.0 Å². The maximum Gasteiger partial charge on any atom is 0.275 e. The van der Waals surface area contributed by atoms with Gasteiger partial charge < -0.3 is 14.6 Å². The van der Waals surface area contributed by atoms with Crippen LogP contribution < -0.4 is 5.56 Å². The van der Waals surface area contributed by atoms with E-state index in [0.29, 0.717) is 36.4 Å². The van der Waals surface area contributed by atoms with Crippen molar-refractivity contribution in [2.75, 3.05) is 19.8 Å². The Kier molecular flexibility index (Phi) is 3.81. The number of imidazole rings is 1. The molecule has 1 saturated heterocycles. The van der Waals surface area contributed by atoms with E-state index in [1.165, 1.54) is 0 Å². The number of amides is 1. The molecule has 0 bridgehead atoms. The van der Waals surface area contributed by atoms with Crippen LogP contribution in [-0.4, -0.2) is 50.7 Å². The first-order valence-corrected chi connectivity index (χ1v) is 8.03.